The van der Waals surface area contributed by atoms with E-state index in [2.05, 4.69) is 0 Å². The average Bonchev–Trinajstić information content (AvgIpc) is 3.01. The second kappa shape index (κ2) is 4.80. The van der Waals surface area contributed by atoms with Crippen molar-refractivity contribution in [1.29, 1.82) is 0 Å². The zero-order valence-electron chi connectivity index (χ0n) is 13.0. The van der Waals surface area contributed by atoms with Crippen molar-refractivity contribution < 1.29 is 23.9 Å². The number of fused-ring (bicyclic) bond motifs is 1. The average molecular weight is 325 g/mol. The number of hydrogen-bond donors (Lipinski definition) is 0. The second-order valence-corrected chi connectivity index (χ2v) is 6.02. The van der Waals surface area contributed by atoms with Gasteiger partial charge in [0.05, 0.1) is 13.7 Å². The second-order valence-electron chi connectivity index (χ2n) is 6.02. The number of ether oxygens (including phenoxy) is 2. The Morgan fingerprint density at radius 3 is 2.29 bits per heavy atom. The number of methoxy groups -OCH3 is 1. The van der Waals surface area contributed by atoms with E-state index in [9.17, 15) is 14.4 Å². The molecule has 24 heavy (non-hydrogen) atoms. The molecule has 6 nitrogen and oxygen atoms in total. The molecule has 2 saturated heterocycles. The van der Waals surface area contributed by atoms with Crippen LogP contribution in [0, 0.1) is 5.41 Å². The van der Waals surface area contributed by atoms with Gasteiger partial charge >= 0.3 is 5.97 Å². The maximum atomic E-state index is 12.9. The topological polar surface area (TPSA) is 72.9 Å². The summed E-state index contributed by atoms with van der Waals surface area (Å²) in [6.07, 6.45) is 6.37. The van der Waals surface area contributed by atoms with Gasteiger partial charge in [0, 0.05) is 12.1 Å². The number of ketones is 1. The molecule has 1 aromatic carbocycles. The number of carbonyl (C=O) groups excluding carboxylic acids is 3. The van der Waals surface area contributed by atoms with Crippen LogP contribution in [0.4, 0.5) is 5.69 Å². The number of carbonyl (C=O) groups is 3. The molecule has 0 unspecified atom stereocenters. The van der Waals surface area contributed by atoms with E-state index >= 15 is 0 Å². The van der Waals surface area contributed by atoms with Crippen LogP contribution in [0.25, 0.3) is 0 Å². The van der Waals surface area contributed by atoms with Crippen molar-refractivity contribution in [3.8, 4) is 5.75 Å². The van der Waals surface area contributed by atoms with E-state index < -0.39 is 16.9 Å². The molecule has 1 aromatic rings. The fourth-order valence-electron chi connectivity index (χ4n) is 3.77. The van der Waals surface area contributed by atoms with Gasteiger partial charge < -0.3 is 9.47 Å². The van der Waals surface area contributed by atoms with Crippen LogP contribution < -0.4 is 9.64 Å². The molecule has 2 fully saturated rings. The summed E-state index contributed by atoms with van der Waals surface area (Å²) in [4.78, 5) is 38.4. The highest BCUT2D eigenvalue weighted by Gasteiger charge is 2.76. The summed E-state index contributed by atoms with van der Waals surface area (Å²) in [6, 6.07) is 7.00. The summed E-state index contributed by atoms with van der Waals surface area (Å²) in [7, 11) is 1.56. The van der Waals surface area contributed by atoms with Crippen molar-refractivity contribution in [2.24, 2.45) is 5.41 Å². The molecular weight excluding hydrogens is 310 g/mol. The molecule has 2 heterocycles. The SMILES string of the molecule is COc1ccc(N2C(=O)[C@@]3(CCOC3=O)C23C=CC(=O)C=C3)cc1. The number of benzene rings is 1. The number of hydrogen-bond acceptors (Lipinski definition) is 5. The minimum absolute atomic E-state index is 0.170. The first kappa shape index (κ1) is 14.7. The van der Waals surface area contributed by atoms with E-state index in [0.717, 1.165) is 0 Å². The monoisotopic (exact) mass is 325 g/mol. The lowest BCUT2D eigenvalue weighted by atomic mass is 9.57. The van der Waals surface area contributed by atoms with Gasteiger partial charge in [0.2, 0.25) is 5.91 Å². The molecule has 2 aliphatic heterocycles. The molecule has 0 N–H and O–H groups in total. The molecular formula is C18H15NO5. The summed E-state index contributed by atoms with van der Waals surface area (Å²) >= 11 is 0. The molecule has 1 aliphatic carbocycles. The first-order chi connectivity index (χ1) is 11.5. The van der Waals surface area contributed by atoms with Crippen LogP contribution in [0.15, 0.2) is 48.6 Å². The Hall–Kier alpha value is -2.89. The van der Waals surface area contributed by atoms with Gasteiger partial charge in [-0.25, -0.2) is 0 Å². The van der Waals surface area contributed by atoms with Gasteiger partial charge in [-0.05, 0) is 48.6 Å². The highest BCUT2D eigenvalue weighted by molar-refractivity contribution is 6.22. The number of β-lactam (4-membered cyclic amide) rings is 1. The molecule has 0 radical (unpaired) electrons. The minimum atomic E-state index is -1.28. The quantitative estimate of drug-likeness (QED) is 0.467. The highest BCUT2D eigenvalue weighted by Crippen LogP contribution is 2.58. The number of cyclic esters (lactones) is 1. The van der Waals surface area contributed by atoms with Gasteiger partial charge in [0.1, 0.15) is 11.3 Å². The van der Waals surface area contributed by atoms with Crippen molar-refractivity contribution in [2.45, 2.75) is 12.0 Å². The third-order valence-corrected chi connectivity index (χ3v) is 5.01. The van der Waals surface area contributed by atoms with Crippen molar-refractivity contribution in [2.75, 3.05) is 18.6 Å². The molecule has 0 saturated carbocycles. The predicted molar refractivity (Wildman–Crippen MR) is 84.5 cm³/mol. The van der Waals surface area contributed by atoms with E-state index in [4.69, 9.17) is 9.47 Å². The summed E-state index contributed by atoms with van der Waals surface area (Å²) < 4.78 is 10.2. The first-order valence-electron chi connectivity index (χ1n) is 7.63. The minimum Gasteiger partial charge on any atom is -0.497 e. The van der Waals surface area contributed by atoms with Crippen molar-refractivity contribution in [3.63, 3.8) is 0 Å². The van der Waals surface area contributed by atoms with Gasteiger partial charge in [-0.3, -0.25) is 19.3 Å². The van der Waals surface area contributed by atoms with Crippen LogP contribution in [0.5, 0.6) is 5.75 Å². The lowest BCUT2D eigenvalue weighted by molar-refractivity contribution is -0.160. The number of nitrogens with zero attached hydrogens (tertiary/aromatic N) is 1. The van der Waals surface area contributed by atoms with Crippen LogP contribution >= 0.6 is 0 Å². The predicted octanol–water partition coefficient (Wildman–Crippen LogP) is 1.41. The third-order valence-electron chi connectivity index (χ3n) is 5.01. The van der Waals surface area contributed by atoms with Crippen LogP contribution in [-0.2, 0) is 19.1 Å². The molecule has 122 valence electrons. The summed E-state index contributed by atoms with van der Waals surface area (Å²) in [5.41, 5.74) is -1.64. The molecule has 1 amide bonds. The molecule has 4 rings (SSSR count). The summed E-state index contributed by atoms with van der Waals surface area (Å²) in [6.45, 7) is 0.207. The van der Waals surface area contributed by atoms with Crippen LogP contribution in [-0.4, -0.2) is 36.9 Å². The Morgan fingerprint density at radius 2 is 1.75 bits per heavy atom. The summed E-state index contributed by atoms with van der Waals surface area (Å²) in [5, 5.41) is 0. The third kappa shape index (κ3) is 1.57. The smallest absolute Gasteiger partial charge is 0.324 e. The van der Waals surface area contributed by atoms with Crippen LogP contribution in [0.3, 0.4) is 0 Å². The van der Waals surface area contributed by atoms with Crippen LogP contribution in [0.2, 0.25) is 0 Å². The van der Waals surface area contributed by atoms with Gasteiger partial charge in [-0.15, -0.1) is 0 Å². The maximum absolute atomic E-state index is 12.9. The standard InChI is InChI=1S/C18H15NO5/c1-23-14-4-2-12(3-5-14)19-15(21)18(10-11-24-16(18)22)17(19)8-6-13(20)7-9-17/h2-9H,10-11H2,1H3/t18-/m1/s1. The molecule has 2 spiro atoms. The lowest BCUT2D eigenvalue weighted by Crippen LogP contribution is -2.79. The van der Waals surface area contributed by atoms with Gasteiger partial charge in [0.15, 0.2) is 11.2 Å². The van der Waals surface area contributed by atoms with E-state index in [1.807, 2.05) is 0 Å². The fourth-order valence-corrected chi connectivity index (χ4v) is 3.77. The number of amides is 1. The normalized spacial score (nSPS) is 26.9. The van der Waals surface area contributed by atoms with Crippen molar-refractivity contribution >= 4 is 23.3 Å². The largest absolute Gasteiger partial charge is 0.497 e. The van der Waals surface area contributed by atoms with Gasteiger partial charge in [0.25, 0.3) is 0 Å². The maximum Gasteiger partial charge on any atom is 0.324 e. The molecule has 3 aliphatic rings. The Morgan fingerprint density at radius 1 is 1.08 bits per heavy atom. The van der Waals surface area contributed by atoms with E-state index in [1.54, 1.807) is 48.4 Å². The Balaban J connectivity index is 1.83. The van der Waals surface area contributed by atoms with Crippen LogP contribution in [0.1, 0.15) is 6.42 Å². The zero-order valence-corrected chi connectivity index (χ0v) is 13.0. The van der Waals surface area contributed by atoms with E-state index in [0.29, 0.717) is 17.9 Å². The number of esters is 1. The van der Waals surface area contributed by atoms with Gasteiger partial charge in [-0.2, -0.15) is 0 Å². The molecule has 1 atom stereocenters. The fraction of sp³-hybridized carbons (Fsp3) is 0.278. The van der Waals surface area contributed by atoms with Crippen molar-refractivity contribution in [3.05, 3.63) is 48.6 Å². The lowest BCUT2D eigenvalue weighted by Gasteiger charge is -2.59. The van der Waals surface area contributed by atoms with E-state index in [1.165, 1.54) is 12.2 Å². The first-order valence-corrected chi connectivity index (χ1v) is 7.63. The number of rotatable bonds is 2. The Kier molecular flexibility index (Phi) is 2.94. The van der Waals surface area contributed by atoms with E-state index in [-0.39, 0.29) is 18.3 Å². The Bertz CT molecular complexity index is 791. The van der Waals surface area contributed by atoms with Gasteiger partial charge in [-0.1, -0.05) is 0 Å². The number of anilines is 1. The molecule has 0 bridgehead atoms. The Labute approximate surface area is 138 Å². The van der Waals surface area contributed by atoms with Crippen molar-refractivity contribution in [1.82, 2.24) is 0 Å². The zero-order chi connectivity index (χ0) is 16.9. The number of allylic oxidation sites excluding steroid dienone is 2. The highest BCUT2D eigenvalue weighted by atomic mass is 16.5. The summed E-state index contributed by atoms with van der Waals surface area (Å²) in [5.74, 6) is -0.337. The molecule has 6 heteroatoms. The molecule has 0 aromatic heterocycles.